The monoisotopic (exact) mass is 532 g/mol. The first-order valence-electron chi connectivity index (χ1n) is 13.7. The number of hydrogen-bond acceptors (Lipinski definition) is 8. The van der Waals surface area contributed by atoms with Crippen molar-refractivity contribution >= 4 is 23.1 Å². The molecule has 206 valence electrons. The van der Waals surface area contributed by atoms with Gasteiger partial charge in [0.25, 0.3) is 0 Å². The third-order valence-corrected chi connectivity index (χ3v) is 7.53. The highest BCUT2D eigenvalue weighted by atomic mass is 16.5. The van der Waals surface area contributed by atoms with Crippen LogP contribution in [0.3, 0.4) is 0 Å². The minimum atomic E-state index is -0.197. The fraction of sp³-hybridized carbons (Fsp3) is 0.500. The molecule has 39 heavy (non-hydrogen) atoms. The number of aryl methyl sites for hydroxylation is 2. The molecule has 0 spiro atoms. The molecular weight excluding hydrogens is 496 g/mol. The summed E-state index contributed by atoms with van der Waals surface area (Å²) in [6.45, 7) is 11.8. The highest BCUT2D eigenvalue weighted by Crippen LogP contribution is 2.36. The number of nitrogens with one attached hydrogen (secondary N) is 2. The second-order valence-corrected chi connectivity index (χ2v) is 10.7. The predicted octanol–water partition coefficient (Wildman–Crippen LogP) is 4.03. The average molecular weight is 533 g/mol. The van der Waals surface area contributed by atoms with Gasteiger partial charge < -0.3 is 14.6 Å². The zero-order chi connectivity index (χ0) is 27.3. The fourth-order valence-electron chi connectivity index (χ4n) is 5.41. The van der Waals surface area contributed by atoms with Crippen LogP contribution >= 0.6 is 0 Å². The first-order valence-corrected chi connectivity index (χ1v) is 13.7. The van der Waals surface area contributed by atoms with Crippen LogP contribution < -0.4 is 9.47 Å². The summed E-state index contributed by atoms with van der Waals surface area (Å²) in [7, 11) is 0. The van der Waals surface area contributed by atoms with Crippen LogP contribution in [0.25, 0.3) is 34.3 Å². The molecule has 0 aromatic carbocycles. The number of hydrogen-bond donors (Lipinski definition) is 3. The Labute approximate surface area is 227 Å². The number of H-pyrrole nitrogens is 2. The molecule has 5 heterocycles. The number of aromatic amines is 2. The van der Waals surface area contributed by atoms with Crippen molar-refractivity contribution in [3.05, 3.63) is 34.4 Å². The fourth-order valence-corrected chi connectivity index (χ4v) is 5.41. The first-order chi connectivity index (χ1) is 18.9. The Morgan fingerprint density at radius 3 is 2.77 bits per heavy atom. The SMILES string of the molecule is CCOc1nn(C(C)CO)c2c1/C=C/c1[nH]nc3c(C)nc(cc13)-c1c(n[nH]c1C)OC(C)CN(C1CC1)C2. The maximum atomic E-state index is 10.1. The molecule has 3 N–H and O–H groups in total. The Bertz CT molecular complexity index is 1530. The van der Waals surface area contributed by atoms with E-state index in [1.54, 1.807) is 0 Å². The quantitative estimate of drug-likeness (QED) is 0.351. The summed E-state index contributed by atoms with van der Waals surface area (Å²) in [5, 5.41) is 31.2. The molecule has 6 rings (SSSR count). The maximum absolute atomic E-state index is 10.1. The van der Waals surface area contributed by atoms with E-state index in [1.807, 2.05) is 44.5 Å². The van der Waals surface area contributed by atoms with E-state index in [9.17, 15) is 5.11 Å². The number of aliphatic hydroxyl groups excluding tert-OH is 1. The van der Waals surface area contributed by atoms with Gasteiger partial charge in [-0.1, -0.05) is 0 Å². The van der Waals surface area contributed by atoms with E-state index < -0.39 is 0 Å². The van der Waals surface area contributed by atoms with E-state index in [2.05, 4.69) is 38.3 Å². The van der Waals surface area contributed by atoms with Crippen molar-refractivity contribution in [2.75, 3.05) is 19.8 Å². The molecule has 2 unspecified atom stereocenters. The molecule has 11 nitrogen and oxygen atoms in total. The standard InChI is InChI=1S/C28H36N8O3/c1-6-38-27-20-9-10-22-21-11-23(29-18(5)26(21)32-31-22)25-17(4)30-33-28(25)39-16(3)12-35(19-7-8-19)13-24(20)36(34-27)15(2)14-37/h9-11,15-16,19,37H,6-8,12-14H2,1-5H3,(H,30,33)(H,31,32)/b10-9+. The van der Waals surface area contributed by atoms with Gasteiger partial charge in [-0.3, -0.25) is 24.8 Å². The highest BCUT2D eigenvalue weighted by Gasteiger charge is 2.33. The van der Waals surface area contributed by atoms with Crippen molar-refractivity contribution in [1.29, 1.82) is 0 Å². The second-order valence-electron chi connectivity index (χ2n) is 10.7. The molecular formula is C28H36N8O3. The summed E-state index contributed by atoms with van der Waals surface area (Å²) >= 11 is 0. The Kier molecular flexibility index (Phi) is 6.64. The molecule has 1 saturated carbocycles. The molecule has 2 bridgehead atoms. The maximum Gasteiger partial charge on any atom is 0.242 e. The van der Waals surface area contributed by atoms with Gasteiger partial charge in [0.05, 0.1) is 53.2 Å². The Hall–Kier alpha value is -3.70. The van der Waals surface area contributed by atoms with Gasteiger partial charge in [0.2, 0.25) is 11.8 Å². The van der Waals surface area contributed by atoms with Gasteiger partial charge in [-0.15, -0.1) is 10.2 Å². The van der Waals surface area contributed by atoms with Gasteiger partial charge in [0.1, 0.15) is 11.6 Å². The number of aliphatic hydroxyl groups is 1. The zero-order valence-electron chi connectivity index (χ0n) is 23.2. The van der Waals surface area contributed by atoms with E-state index >= 15 is 0 Å². The summed E-state index contributed by atoms with van der Waals surface area (Å²) in [6.07, 6.45) is 6.25. The third kappa shape index (κ3) is 4.70. The molecule has 2 aliphatic rings. The number of aromatic nitrogens is 7. The van der Waals surface area contributed by atoms with E-state index in [0.29, 0.717) is 31.0 Å². The Balaban J connectivity index is 1.56. The molecule has 0 saturated heterocycles. The van der Waals surface area contributed by atoms with Crippen LogP contribution in [0, 0.1) is 13.8 Å². The minimum Gasteiger partial charge on any atom is -0.476 e. The van der Waals surface area contributed by atoms with Crippen LogP contribution in [-0.4, -0.2) is 77.1 Å². The van der Waals surface area contributed by atoms with Gasteiger partial charge in [0.15, 0.2) is 0 Å². The van der Waals surface area contributed by atoms with Crippen LogP contribution in [0.2, 0.25) is 0 Å². The highest BCUT2D eigenvalue weighted by molar-refractivity contribution is 5.93. The van der Waals surface area contributed by atoms with Crippen molar-refractivity contribution in [3.63, 3.8) is 0 Å². The number of rotatable bonds is 5. The molecule has 0 amide bonds. The van der Waals surface area contributed by atoms with Crippen molar-refractivity contribution in [3.8, 4) is 23.0 Å². The average Bonchev–Trinajstić information content (AvgIpc) is 3.47. The smallest absolute Gasteiger partial charge is 0.242 e. The molecule has 4 aromatic rings. The van der Waals surface area contributed by atoms with Crippen LogP contribution in [0.15, 0.2) is 6.07 Å². The van der Waals surface area contributed by atoms with Gasteiger partial charge in [-0.2, -0.15) is 5.10 Å². The lowest BCUT2D eigenvalue weighted by molar-refractivity contribution is 0.127. The van der Waals surface area contributed by atoms with Crippen molar-refractivity contribution < 1.29 is 14.6 Å². The molecule has 0 radical (unpaired) electrons. The normalized spacial score (nSPS) is 19.7. The van der Waals surface area contributed by atoms with Gasteiger partial charge in [-0.05, 0) is 65.7 Å². The lowest BCUT2D eigenvalue weighted by Crippen LogP contribution is -2.36. The number of fused-ring (bicyclic) bond motifs is 4. The summed E-state index contributed by atoms with van der Waals surface area (Å²) in [5.74, 6) is 1.11. The molecule has 1 aliphatic carbocycles. The number of pyridine rings is 1. The first kappa shape index (κ1) is 25.6. The molecule has 4 aromatic heterocycles. The summed E-state index contributed by atoms with van der Waals surface area (Å²) in [6, 6.07) is 2.31. The van der Waals surface area contributed by atoms with Gasteiger partial charge >= 0.3 is 0 Å². The predicted molar refractivity (Wildman–Crippen MR) is 149 cm³/mol. The van der Waals surface area contributed by atoms with Crippen LogP contribution in [0.4, 0.5) is 0 Å². The summed E-state index contributed by atoms with van der Waals surface area (Å²) < 4.78 is 14.4. The van der Waals surface area contributed by atoms with Crippen LogP contribution in [0.1, 0.15) is 68.0 Å². The van der Waals surface area contributed by atoms with E-state index in [-0.39, 0.29) is 18.8 Å². The van der Waals surface area contributed by atoms with Crippen molar-refractivity contribution in [1.82, 2.24) is 40.1 Å². The van der Waals surface area contributed by atoms with E-state index in [0.717, 1.165) is 69.9 Å². The largest absolute Gasteiger partial charge is 0.476 e. The van der Waals surface area contributed by atoms with Crippen LogP contribution in [-0.2, 0) is 6.54 Å². The lowest BCUT2D eigenvalue weighted by atomic mass is 10.1. The van der Waals surface area contributed by atoms with Crippen molar-refractivity contribution in [2.45, 2.75) is 72.2 Å². The van der Waals surface area contributed by atoms with Gasteiger partial charge in [0, 0.05) is 30.2 Å². The van der Waals surface area contributed by atoms with E-state index in [1.165, 1.54) is 0 Å². The summed E-state index contributed by atoms with van der Waals surface area (Å²) in [4.78, 5) is 7.32. The lowest BCUT2D eigenvalue weighted by Gasteiger charge is -2.27. The Morgan fingerprint density at radius 2 is 2.03 bits per heavy atom. The molecule has 2 atom stereocenters. The Morgan fingerprint density at radius 1 is 1.21 bits per heavy atom. The number of ether oxygens (including phenoxy) is 2. The van der Waals surface area contributed by atoms with Gasteiger partial charge in [-0.25, -0.2) is 0 Å². The molecule has 11 heteroatoms. The zero-order valence-corrected chi connectivity index (χ0v) is 23.2. The number of nitrogens with zero attached hydrogens (tertiary/aromatic N) is 6. The minimum absolute atomic E-state index is 0.0200. The topological polar surface area (TPSA) is 130 Å². The summed E-state index contributed by atoms with van der Waals surface area (Å²) in [5.41, 5.74) is 6.96. The third-order valence-electron chi connectivity index (χ3n) is 7.53. The van der Waals surface area contributed by atoms with Crippen LogP contribution in [0.5, 0.6) is 11.8 Å². The molecule has 1 aliphatic heterocycles. The van der Waals surface area contributed by atoms with Crippen molar-refractivity contribution in [2.24, 2.45) is 0 Å². The molecule has 1 fully saturated rings. The van der Waals surface area contributed by atoms with E-state index in [4.69, 9.17) is 19.6 Å². The second kappa shape index (κ2) is 10.1.